The SMILES string of the molecule is C[C@]1(O)CCCCCC1=O. The van der Waals surface area contributed by atoms with Crippen LogP contribution in [-0.2, 0) is 4.79 Å². The first-order chi connectivity index (χ1) is 4.63. The molecule has 0 radical (unpaired) electrons. The molecule has 10 heavy (non-hydrogen) atoms. The predicted octanol–water partition coefficient (Wildman–Crippen LogP) is 1.27. The van der Waals surface area contributed by atoms with Crippen molar-refractivity contribution in [1.29, 1.82) is 0 Å². The summed E-state index contributed by atoms with van der Waals surface area (Å²) in [6.07, 6.45) is 4.23. The molecule has 0 saturated heterocycles. The number of rotatable bonds is 0. The van der Waals surface area contributed by atoms with E-state index in [1.54, 1.807) is 6.92 Å². The average Bonchev–Trinajstić information content (AvgIpc) is 1.96. The van der Waals surface area contributed by atoms with Gasteiger partial charge in [0.1, 0.15) is 5.60 Å². The van der Waals surface area contributed by atoms with Crippen LogP contribution in [-0.4, -0.2) is 16.5 Å². The van der Waals surface area contributed by atoms with Crippen LogP contribution in [0.2, 0.25) is 0 Å². The van der Waals surface area contributed by atoms with Crippen molar-refractivity contribution in [2.45, 2.75) is 44.6 Å². The van der Waals surface area contributed by atoms with Gasteiger partial charge >= 0.3 is 0 Å². The van der Waals surface area contributed by atoms with E-state index in [2.05, 4.69) is 0 Å². The van der Waals surface area contributed by atoms with Gasteiger partial charge in [-0.25, -0.2) is 0 Å². The van der Waals surface area contributed by atoms with Crippen LogP contribution in [0.25, 0.3) is 0 Å². The fourth-order valence-electron chi connectivity index (χ4n) is 1.34. The quantitative estimate of drug-likeness (QED) is 0.517. The van der Waals surface area contributed by atoms with Crippen molar-refractivity contribution in [2.24, 2.45) is 0 Å². The fraction of sp³-hybridized carbons (Fsp3) is 0.875. The monoisotopic (exact) mass is 142 g/mol. The molecule has 1 atom stereocenters. The molecule has 2 nitrogen and oxygen atoms in total. The summed E-state index contributed by atoms with van der Waals surface area (Å²) in [5, 5.41) is 9.47. The Balaban J connectivity index is 2.61. The zero-order chi connectivity index (χ0) is 7.61. The van der Waals surface area contributed by atoms with E-state index < -0.39 is 5.60 Å². The zero-order valence-corrected chi connectivity index (χ0v) is 6.39. The molecule has 0 heterocycles. The van der Waals surface area contributed by atoms with Crippen LogP contribution in [0.5, 0.6) is 0 Å². The van der Waals surface area contributed by atoms with Gasteiger partial charge in [-0.3, -0.25) is 4.79 Å². The summed E-state index contributed by atoms with van der Waals surface area (Å²) >= 11 is 0. The Labute approximate surface area is 61.2 Å². The van der Waals surface area contributed by atoms with Crippen LogP contribution in [0.4, 0.5) is 0 Å². The summed E-state index contributed by atoms with van der Waals surface area (Å²) in [6.45, 7) is 1.63. The molecule has 0 bridgehead atoms. The minimum atomic E-state index is -1.02. The first-order valence-electron chi connectivity index (χ1n) is 3.88. The number of Topliss-reactive ketones (excluding diaryl/α,β-unsaturated/α-hetero) is 1. The number of aliphatic hydroxyl groups is 1. The lowest BCUT2D eigenvalue weighted by Crippen LogP contribution is -2.33. The van der Waals surface area contributed by atoms with Crippen molar-refractivity contribution in [2.75, 3.05) is 0 Å². The van der Waals surface area contributed by atoms with Gasteiger partial charge in [-0.15, -0.1) is 0 Å². The molecule has 0 aromatic heterocycles. The molecule has 0 amide bonds. The normalized spacial score (nSPS) is 35.6. The number of hydrogen-bond donors (Lipinski definition) is 1. The molecule has 1 fully saturated rings. The molecule has 1 rings (SSSR count). The molecule has 0 aromatic carbocycles. The van der Waals surface area contributed by atoms with Crippen LogP contribution >= 0.6 is 0 Å². The molecule has 1 aliphatic rings. The molecule has 0 aromatic rings. The van der Waals surface area contributed by atoms with Crippen molar-refractivity contribution in [3.63, 3.8) is 0 Å². The third-order valence-electron chi connectivity index (χ3n) is 2.17. The van der Waals surface area contributed by atoms with Crippen LogP contribution in [0, 0.1) is 0 Å². The van der Waals surface area contributed by atoms with E-state index in [0.29, 0.717) is 12.8 Å². The first-order valence-corrected chi connectivity index (χ1v) is 3.88. The highest BCUT2D eigenvalue weighted by Gasteiger charge is 2.30. The second-order valence-corrected chi connectivity index (χ2v) is 3.26. The molecule has 1 saturated carbocycles. The molecule has 58 valence electrons. The summed E-state index contributed by atoms with van der Waals surface area (Å²) in [5.41, 5.74) is -1.02. The summed E-state index contributed by atoms with van der Waals surface area (Å²) in [6, 6.07) is 0. The maximum absolute atomic E-state index is 11.1. The third kappa shape index (κ3) is 1.57. The Hall–Kier alpha value is -0.370. The topological polar surface area (TPSA) is 37.3 Å². The number of carbonyl (C=O) groups excluding carboxylic acids is 1. The molecule has 1 N–H and O–H groups in total. The van der Waals surface area contributed by atoms with E-state index in [1.807, 2.05) is 0 Å². The molecule has 0 unspecified atom stereocenters. The van der Waals surface area contributed by atoms with Crippen LogP contribution < -0.4 is 0 Å². The van der Waals surface area contributed by atoms with Gasteiger partial charge in [-0.2, -0.15) is 0 Å². The highest BCUT2D eigenvalue weighted by Crippen LogP contribution is 2.22. The van der Waals surface area contributed by atoms with Crippen LogP contribution in [0.1, 0.15) is 39.0 Å². The number of hydrogen-bond acceptors (Lipinski definition) is 2. The van der Waals surface area contributed by atoms with Gasteiger partial charge in [-0.05, 0) is 19.8 Å². The van der Waals surface area contributed by atoms with Gasteiger partial charge in [0, 0.05) is 6.42 Å². The molecular formula is C8H14O2. The molecule has 0 aliphatic heterocycles. The van der Waals surface area contributed by atoms with E-state index >= 15 is 0 Å². The second-order valence-electron chi connectivity index (χ2n) is 3.26. The van der Waals surface area contributed by atoms with Crippen molar-refractivity contribution in [3.8, 4) is 0 Å². The maximum atomic E-state index is 11.1. The Morgan fingerprint density at radius 2 is 2.10 bits per heavy atom. The Morgan fingerprint density at radius 3 is 2.80 bits per heavy atom. The highest BCUT2D eigenvalue weighted by molar-refractivity contribution is 5.86. The molecular weight excluding hydrogens is 128 g/mol. The maximum Gasteiger partial charge on any atom is 0.164 e. The van der Waals surface area contributed by atoms with E-state index in [9.17, 15) is 9.90 Å². The first kappa shape index (κ1) is 7.73. The smallest absolute Gasteiger partial charge is 0.164 e. The van der Waals surface area contributed by atoms with E-state index in [4.69, 9.17) is 0 Å². The van der Waals surface area contributed by atoms with Gasteiger partial charge in [-0.1, -0.05) is 12.8 Å². The molecule has 2 heteroatoms. The number of ketones is 1. The lowest BCUT2D eigenvalue weighted by molar-refractivity contribution is -0.135. The lowest BCUT2D eigenvalue weighted by atomic mass is 9.96. The Kier molecular flexibility index (Phi) is 2.09. The predicted molar refractivity (Wildman–Crippen MR) is 38.7 cm³/mol. The van der Waals surface area contributed by atoms with Gasteiger partial charge in [0.15, 0.2) is 5.78 Å². The summed E-state index contributed by atoms with van der Waals surface area (Å²) in [5.74, 6) is 0.0185. The standard InChI is InChI=1S/C8H14O2/c1-8(10)6-4-2-3-5-7(8)9/h10H,2-6H2,1H3/t8-/m0/s1. The average molecular weight is 142 g/mol. The molecule has 1 aliphatic carbocycles. The number of carbonyl (C=O) groups is 1. The van der Waals surface area contributed by atoms with Gasteiger partial charge in [0.05, 0.1) is 0 Å². The summed E-state index contributed by atoms with van der Waals surface area (Å²) in [7, 11) is 0. The van der Waals surface area contributed by atoms with Crippen LogP contribution in [0.15, 0.2) is 0 Å². The summed E-state index contributed by atoms with van der Waals surface area (Å²) in [4.78, 5) is 11.1. The minimum Gasteiger partial charge on any atom is -0.382 e. The van der Waals surface area contributed by atoms with Crippen molar-refractivity contribution in [3.05, 3.63) is 0 Å². The summed E-state index contributed by atoms with van der Waals surface area (Å²) < 4.78 is 0. The van der Waals surface area contributed by atoms with E-state index in [0.717, 1.165) is 19.3 Å². The zero-order valence-electron chi connectivity index (χ0n) is 6.39. The fourth-order valence-corrected chi connectivity index (χ4v) is 1.34. The van der Waals surface area contributed by atoms with Gasteiger partial charge < -0.3 is 5.11 Å². The highest BCUT2D eigenvalue weighted by atomic mass is 16.3. The largest absolute Gasteiger partial charge is 0.382 e. The van der Waals surface area contributed by atoms with Gasteiger partial charge in [0.2, 0.25) is 0 Å². The minimum absolute atomic E-state index is 0.0185. The third-order valence-corrected chi connectivity index (χ3v) is 2.17. The second kappa shape index (κ2) is 2.70. The van der Waals surface area contributed by atoms with E-state index in [-0.39, 0.29) is 5.78 Å². The Morgan fingerprint density at radius 1 is 1.40 bits per heavy atom. The van der Waals surface area contributed by atoms with Gasteiger partial charge in [0.25, 0.3) is 0 Å². The van der Waals surface area contributed by atoms with Crippen LogP contribution in [0.3, 0.4) is 0 Å². The Bertz CT molecular complexity index is 138. The van der Waals surface area contributed by atoms with Crippen molar-refractivity contribution >= 4 is 5.78 Å². The lowest BCUT2D eigenvalue weighted by Gasteiger charge is -2.17. The van der Waals surface area contributed by atoms with E-state index in [1.165, 1.54) is 0 Å². The molecule has 0 spiro atoms. The van der Waals surface area contributed by atoms with Crippen molar-refractivity contribution in [1.82, 2.24) is 0 Å². The van der Waals surface area contributed by atoms with Crippen molar-refractivity contribution < 1.29 is 9.90 Å².